The lowest BCUT2D eigenvalue weighted by molar-refractivity contribution is -0.369. The number of hydrogen-bond donors (Lipinski definition) is 7. The Labute approximate surface area is 204 Å². The number of benzene rings is 1. The number of rotatable bonds is 6. The predicted octanol–water partition coefficient (Wildman–Crippen LogP) is -1.41. The fraction of sp³-hybridized carbons (Fsp3) is 0.565. The van der Waals surface area contributed by atoms with Crippen LogP contribution in [0.15, 0.2) is 36.1 Å². The molecule has 198 valence electrons. The Morgan fingerprint density at radius 1 is 1.14 bits per heavy atom. The van der Waals surface area contributed by atoms with Gasteiger partial charge in [-0.3, -0.25) is 0 Å². The Morgan fingerprint density at radius 2 is 1.81 bits per heavy atom. The average molecular weight is 512 g/mol. The molecule has 0 bridgehead atoms. The van der Waals surface area contributed by atoms with E-state index in [-0.39, 0.29) is 29.7 Å². The topological polar surface area (TPSA) is 213 Å². The molecule has 2 heterocycles. The van der Waals surface area contributed by atoms with Gasteiger partial charge in [0.15, 0.2) is 11.7 Å². The third-order valence-corrected chi connectivity index (χ3v) is 7.04. The molecule has 36 heavy (non-hydrogen) atoms. The Bertz CT molecular complexity index is 1020. The summed E-state index contributed by atoms with van der Waals surface area (Å²) in [6, 6.07) is 4.97. The maximum absolute atomic E-state index is 12.7. The molecular weight excluding hydrogens is 484 g/mol. The van der Waals surface area contributed by atoms with E-state index in [2.05, 4.69) is 0 Å². The largest absolute Gasteiger partial charge is 0.508 e. The van der Waals surface area contributed by atoms with Gasteiger partial charge >= 0.3 is 11.9 Å². The molecule has 13 heteroatoms. The van der Waals surface area contributed by atoms with Gasteiger partial charge in [-0.2, -0.15) is 0 Å². The number of aromatic hydroxyl groups is 1. The van der Waals surface area contributed by atoms with Gasteiger partial charge in [0.1, 0.15) is 24.1 Å². The van der Waals surface area contributed by atoms with E-state index in [9.17, 15) is 45.3 Å². The van der Waals surface area contributed by atoms with Crippen LogP contribution in [0.1, 0.15) is 30.1 Å². The molecule has 2 aliphatic heterocycles. The van der Waals surface area contributed by atoms with Crippen molar-refractivity contribution in [3.63, 3.8) is 0 Å². The molecule has 1 aliphatic carbocycles. The van der Waals surface area contributed by atoms with E-state index in [1.165, 1.54) is 31.2 Å². The molecule has 7 N–H and O–H groups in total. The Kier molecular flexibility index (Phi) is 7.00. The van der Waals surface area contributed by atoms with E-state index >= 15 is 0 Å². The Morgan fingerprint density at radius 3 is 2.42 bits per heavy atom. The van der Waals surface area contributed by atoms with Crippen LogP contribution in [0.25, 0.3) is 0 Å². The van der Waals surface area contributed by atoms with Crippen LogP contribution in [-0.2, 0) is 23.7 Å². The van der Waals surface area contributed by atoms with Gasteiger partial charge in [0.2, 0.25) is 12.6 Å². The van der Waals surface area contributed by atoms with Crippen molar-refractivity contribution in [1.82, 2.24) is 0 Å². The van der Waals surface area contributed by atoms with E-state index in [1.54, 1.807) is 0 Å². The summed E-state index contributed by atoms with van der Waals surface area (Å²) in [4.78, 5) is 24.3. The third kappa shape index (κ3) is 4.32. The lowest BCUT2D eigenvalue weighted by atomic mass is 9.76. The second-order valence-corrected chi connectivity index (χ2v) is 9.30. The number of phenolic OH excluding ortho intramolecular Hbond substituents is 1. The highest BCUT2D eigenvalue weighted by atomic mass is 16.8. The number of aliphatic hydroxyl groups excluding tert-OH is 3. The van der Waals surface area contributed by atoms with Gasteiger partial charge < -0.3 is 54.7 Å². The second kappa shape index (κ2) is 9.59. The van der Waals surface area contributed by atoms with Crippen LogP contribution in [0, 0.1) is 5.92 Å². The second-order valence-electron chi connectivity index (χ2n) is 9.30. The summed E-state index contributed by atoms with van der Waals surface area (Å²) >= 11 is 0. The molecular formula is C23H28O13. The summed E-state index contributed by atoms with van der Waals surface area (Å²) in [6.07, 6.45) is -9.08. The molecule has 13 nitrogen and oxygen atoms in total. The molecule has 0 aromatic heterocycles. The first-order valence-electron chi connectivity index (χ1n) is 11.2. The number of aliphatic hydroxyl groups is 5. The lowest BCUT2D eigenvalue weighted by Crippen LogP contribution is -2.66. The van der Waals surface area contributed by atoms with Gasteiger partial charge in [-0.1, -0.05) is 0 Å². The third-order valence-electron chi connectivity index (χ3n) is 7.04. The summed E-state index contributed by atoms with van der Waals surface area (Å²) in [6.45, 7) is 0.534. The van der Waals surface area contributed by atoms with Gasteiger partial charge in [0.05, 0.1) is 29.6 Å². The number of fused-ring (bicyclic) bond motifs is 1. The average Bonchev–Trinajstić information content (AvgIpc) is 3.08. The van der Waals surface area contributed by atoms with Crippen molar-refractivity contribution >= 4 is 11.9 Å². The van der Waals surface area contributed by atoms with Crippen molar-refractivity contribution in [2.24, 2.45) is 5.92 Å². The summed E-state index contributed by atoms with van der Waals surface area (Å²) in [5, 5.41) is 71.9. The molecule has 9 unspecified atom stereocenters. The van der Waals surface area contributed by atoms with Crippen LogP contribution in [0.5, 0.6) is 5.75 Å². The molecule has 1 aromatic rings. The molecule has 0 spiro atoms. The van der Waals surface area contributed by atoms with Gasteiger partial charge in [-0.25, -0.2) is 9.59 Å². The minimum Gasteiger partial charge on any atom is -0.508 e. The summed E-state index contributed by atoms with van der Waals surface area (Å²) in [5.74, 6) is -3.53. The van der Waals surface area contributed by atoms with Crippen LogP contribution < -0.4 is 0 Å². The molecule has 1 saturated carbocycles. The molecule has 0 radical (unpaired) electrons. The standard InChI is InChI=1S/C23H28O13/c1-22(31)7-6-13-12(18(28)29)9-33-21(23(13,22)32)36-20-17(16(27)15(26)14(8-24)34-20)35-19(30)10-2-4-11(25)5-3-10/h2-5,9,13-17,20-21,24-27,31-32H,6-8H2,1H3,(H,28,29). The first kappa shape index (κ1) is 26.3. The van der Waals surface area contributed by atoms with Crippen molar-refractivity contribution in [1.29, 1.82) is 0 Å². The highest BCUT2D eigenvalue weighted by Crippen LogP contribution is 2.52. The Balaban J connectivity index is 1.64. The predicted molar refractivity (Wildman–Crippen MR) is 115 cm³/mol. The first-order valence-corrected chi connectivity index (χ1v) is 11.2. The zero-order valence-electron chi connectivity index (χ0n) is 19.1. The number of carboxylic acids is 1. The van der Waals surface area contributed by atoms with Crippen molar-refractivity contribution in [3.05, 3.63) is 41.7 Å². The number of carbonyl (C=O) groups excluding carboxylic acids is 1. The van der Waals surface area contributed by atoms with E-state index < -0.39 is 72.7 Å². The molecule has 1 saturated heterocycles. The number of ether oxygens (including phenoxy) is 4. The molecule has 2 fully saturated rings. The van der Waals surface area contributed by atoms with Crippen molar-refractivity contribution in [3.8, 4) is 5.75 Å². The molecule has 0 amide bonds. The van der Waals surface area contributed by atoms with Crippen molar-refractivity contribution < 1.29 is 64.3 Å². The summed E-state index contributed by atoms with van der Waals surface area (Å²) < 4.78 is 21.9. The van der Waals surface area contributed by atoms with Crippen LogP contribution in [0.2, 0.25) is 0 Å². The van der Waals surface area contributed by atoms with E-state index in [0.29, 0.717) is 0 Å². The SMILES string of the molecule is CC1(O)CCC2C(C(=O)O)=COC(OC3OC(CO)C(O)C(O)C3OC(=O)c3ccc(O)cc3)C21O. The minimum absolute atomic E-state index is 0.00734. The van der Waals surface area contributed by atoms with Crippen LogP contribution >= 0.6 is 0 Å². The fourth-order valence-corrected chi connectivity index (χ4v) is 4.89. The molecule has 9 atom stereocenters. The number of phenols is 1. The van der Waals surface area contributed by atoms with Gasteiger partial charge in [0.25, 0.3) is 0 Å². The molecule has 4 rings (SSSR count). The van der Waals surface area contributed by atoms with Crippen molar-refractivity contribution in [2.75, 3.05) is 6.61 Å². The van der Waals surface area contributed by atoms with Crippen molar-refractivity contribution in [2.45, 2.75) is 68.0 Å². The highest BCUT2D eigenvalue weighted by molar-refractivity contribution is 5.89. The first-order chi connectivity index (χ1) is 16.9. The lowest BCUT2D eigenvalue weighted by Gasteiger charge is -2.48. The number of carboxylic acid groups (broad SMARTS) is 1. The number of esters is 1. The maximum Gasteiger partial charge on any atom is 0.338 e. The van der Waals surface area contributed by atoms with Crippen LogP contribution in [0.4, 0.5) is 0 Å². The smallest absolute Gasteiger partial charge is 0.338 e. The summed E-state index contributed by atoms with van der Waals surface area (Å²) in [5.41, 5.74) is -4.43. The van der Waals surface area contributed by atoms with E-state index in [4.69, 9.17) is 18.9 Å². The fourth-order valence-electron chi connectivity index (χ4n) is 4.89. The maximum atomic E-state index is 12.7. The zero-order valence-corrected chi connectivity index (χ0v) is 19.1. The van der Waals surface area contributed by atoms with Crippen LogP contribution in [-0.4, -0.2) is 102 Å². The van der Waals surface area contributed by atoms with Gasteiger partial charge in [0, 0.05) is 5.92 Å². The van der Waals surface area contributed by atoms with E-state index in [0.717, 1.165) is 6.26 Å². The number of hydrogen-bond acceptors (Lipinski definition) is 12. The molecule has 1 aromatic carbocycles. The van der Waals surface area contributed by atoms with Gasteiger partial charge in [-0.15, -0.1) is 0 Å². The molecule has 3 aliphatic rings. The Hall–Kier alpha value is -2.78. The van der Waals surface area contributed by atoms with Gasteiger partial charge in [-0.05, 0) is 44.0 Å². The summed E-state index contributed by atoms with van der Waals surface area (Å²) in [7, 11) is 0. The normalized spacial score (nSPS) is 40.1. The number of aliphatic carboxylic acids is 1. The quantitative estimate of drug-likeness (QED) is 0.219. The zero-order chi connectivity index (χ0) is 26.4. The highest BCUT2D eigenvalue weighted by Gasteiger charge is 2.66. The monoisotopic (exact) mass is 512 g/mol. The minimum atomic E-state index is -2.28. The number of carbonyl (C=O) groups is 2. The van der Waals surface area contributed by atoms with Crippen LogP contribution in [0.3, 0.4) is 0 Å². The van der Waals surface area contributed by atoms with E-state index in [1.807, 2.05) is 0 Å².